The number of carbonyl (C=O) groups excluding carboxylic acids is 1. The van der Waals surface area contributed by atoms with Crippen molar-refractivity contribution in [3.63, 3.8) is 0 Å². The number of hydrogen-bond donors (Lipinski definition) is 1. The molecule has 0 unspecified atom stereocenters. The summed E-state index contributed by atoms with van der Waals surface area (Å²) >= 11 is 0. The third-order valence-electron chi connectivity index (χ3n) is 4.65. The zero-order chi connectivity index (χ0) is 17.1. The number of rotatable bonds is 5. The minimum Gasteiger partial charge on any atom is -0.360 e. The molecular formula is C18H24N4O2. The summed E-state index contributed by atoms with van der Waals surface area (Å²) < 4.78 is 5.20. The predicted molar refractivity (Wildman–Crippen MR) is 90.6 cm³/mol. The molecule has 24 heavy (non-hydrogen) atoms. The molecule has 1 fully saturated rings. The van der Waals surface area contributed by atoms with Crippen molar-refractivity contribution in [1.29, 1.82) is 0 Å². The SMILES string of the molecule is CC(C)c1cc(C(=O)NC[C@@H]2CCN(C)[C@H]2c2cccnc2)no1. The lowest BCUT2D eigenvalue weighted by Crippen LogP contribution is -2.32. The van der Waals surface area contributed by atoms with Gasteiger partial charge in [0.1, 0.15) is 5.76 Å². The van der Waals surface area contributed by atoms with E-state index < -0.39 is 0 Å². The van der Waals surface area contributed by atoms with E-state index in [-0.39, 0.29) is 17.9 Å². The van der Waals surface area contributed by atoms with E-state index >= 15 is 0 Å². The molecule has 1 aliphatic heterocycles. The molecule has 1 aliphatic rings. The molecule has 1 N–H and O–H groups in total. The molecule has 6 heteroatoms. The van der Waals surface area contributed by atoms with E-state index in [1.807, 2.05) is 26.1 Å². The molecule has 2 aromatic heterocycles. The Labute approximate surface area is 142 Å². The van der Waals surface area contributed by atoms with E-state index in [2.05, 4.69) is 33.5 Å². The molecule has 0 saturated carbocycles. The summed E-state index contributed by atoms with van der Waals surface area (Å²) in [5, 5.41) is 6.87. The van der Waals surface area contributed by atoms with Crippen molar-refractivity contribution in [1.82, 2.24) is 20.4 Å². The van der Waals surface area contributed by atoms with Crippen LogP contribution in [0.5, 0.6) is 0 Å². The van der Waals surface area contributed by atoms with Gasteiger partial charge >= 0.3 is 0 Å². The highest BCUT2D eigenvalue weighted by molar-refractivity contribution is 5.92. The lowest BCUT2D eigenvalue weighted by molar-refractivity contribution is 0.0934. The Hall–Kier alpha value is -2.21. The number of aromatic nitrogens is 2. The predicted octanol–water partition coefficient (Wildman–Crippen LogP) is 2.62. The summed E-state index contributed by atoms with van der Waals surface area (Å²) in [7, 11) is 2.12. The van der Waals surface area contributed by atoms with Gasteiger partial charge in [0.15, 0.2) is 5.69 Å². The largest absolute Gasteiger partial charge is 0.360 e. The van der Waals surface area contributed by atoms with Crippen molar-refractivity contribution < 1.29 is 9.32 Å². The number of hydrogen-bond acceptors (Lipinski definition) is 5. The number of carbonyl (C=O) groups is 1. The number of likely N-dealkylation sites (tertiary alicyclic amines) is 1. The molecule has 0 spiro atoms. The second-order valence-electron chi connectivity index (χ2n) is 6.74. The third-order valence-corrected chi connectivity index (χ3v) is 4.65. The van der Waals surface area contributed by atoms with Crippen LogP contribution in [0.4, 0.5) is 0 Å². The summed E-state index contributed by atoms with van der Waals surface area (Å²) in [5.41, 5.74) is 1.54. The molecule has 1 saturated heterocycles. The minimum absolute atomic E-state index is 0.176. The quantitative estimate of drug-likeness (QED) is 0.913. The molecule has 3 heterocycles. The number of pyridine rings is 1. The first-order valence-corrected chi connectivity index (χ1v) is 8.41. The fourth-order valence-electron chi connectivity index (χ4n) is 3.30. The summed E-state index contributed by atoms with van der Waals surface area (Å²) in [6, 6.07) is 6.06. The fourth-order valence-corrected chi connectivity index (χ4v) is 3.30. The van der Waals surface area contributed by atoms with Gasteiger partial charge in [0.05, 0.1) is 0 Å². The van der Waals surface area contributed by atoms with Gasteiger partial charge in [0.2, 0.25) is 0 Å². The van der Waals surface area contributed by atoms with Crippen LogP contribution in [0.3, 0.4) is 0 Å². The average Bonchev–Trinajstić information content (AvgIpc) is 3.20. The minimum atomic E-state index is -0.176. The molecule has 0 radical (unpaired) electrons. The van der Waals surface area contributed by atoms with Crippen LogP contribution in [0.2, 0.25) is 0 Å². The zero-order valence-corrected chi connectivity index (χ0v) is 14.4. The topological polar surface area (TPSA) is 71.3 Å². The van der Waals surface area contributed by atoms with Gasteiger partial charge in [-0.25, -0.2) is 0 Å². The van der Waals surface area contributed by atoms with Crippen molar-refractivity contribution in [2.24, 2.45) is 5.92 Å². The Morgan fingerprint density at radius 2 is 2.33 bits per heavy atom. The maximum atomic E-state index is 12.3. The second kappa shape index (κ2) is 7.13. The van der Waals surface area contributed by atoms with E-state index in [1.54, 1.807) is 12.3 Å². The number of amides is 1. The second-order valence-corrected chi connectivity index (χ2v) is 6.74. The lowest BCUT2D eigenvalue weighted by atomic mass is 9.95. The highest BCUT2D eigenvalue weighted by atomic mass is 16.5. The molecule has 3 rings (SSSR count). The van der Waals surface area contributed by atoms with Gasteiger partial charge in [0, 0.05) is 37.0 Å². The van der Waals surface area contributed by atoms with Crippen molar-refractivity contribution in [3.8, 4) is 0 Å². The fraction of sp³-hybridized carbons (Fsp3) is 0.500. The van der Waals surface area contributed by atoms with E-state index in [0.717, 1.165) is 18.7 Å². The Morgan fingerprint density at radius 3 is 3.00 bits per heavy atom. The molecule has 2 atom stereocenters. The van der Waals surface area contributed by atoms with Crippen LogP contribution in [0.25, 0.3) is 0 Å². The van der Waals surface area contributed by atoms with E-state index in [0.29, 0.717) is 18.2 Å². The number of nitrogens with one attached hydrogen (secondary N) is 1. The van der Waals surface area contributed by atoms with Crippen LogP contribution in [0.1, 0.15) is 54.0 Å². The van der Waals surface area contributed by atoms with Crippen LogP contribution in [0, 0.1) is 5.92 Å². The first kappa shape index (κ1) is 16.6. The van der Waals surface area contributed by atoms with Crippen LogP contribution >= 0.6 is 0 Å². The normalized spacial score (nSPS) is 21.3. The van der Waals surface area contributed by atoms with Gasteiger partial charge in [-0.1, -0.05) is 25.1 Å². The van der Waals surface area contributed by atoms with E-state index in [9.17, 15) is 4.79 Å². The molecule has 0 bridgehead atoms. The van der Waals surface area contributed by atoms with Crippen molar-refractivity contribution in [3.05, 3.63) is 47.6 Å². The average molecular weight is 328 g/mol. The monoisotopic (exact) mass is 328 g/mol. The molecular weight excluding hydrogens is 304 g/mol. The van der Waals surface area contributed by atoms with Gasteiger partial charge in [0.25, 0.3) is 5.91 Å². The van der Waals surface area contributed by atoms with E-state index in [4.69, 9.17) is 4.52 Å². The van der Waals surface area contributed by atoms with Gasteiger partial charge < -0.3 is 9.84 Å². The Kier molecular flexibility index (Phi) is 4.94. The molecule has 6 nitrogen and oxygen atoms in total. The first-order valence-electron chi connectivity index (χ1n) is 8.41. The molecule has 2 aromatic rings. The molecule has 1 amide bonds. The summed E-state index contributed by atoms with van der Waals surface area (Å²) in [6.07, 6.45) is 4.74. The number of nitrogens with zero attached hydrogens (tertiary/aromatic N) is 3. The van der Waals surface area contributed by atoms with Crippen LogP contribution in [-0.2, 0) is 0 Å². The highest BCUT2D eigenvalue weighted by Gasteiger charge is 2.33. The Bertz CT molecular complexity index is 683. The van der Waals surface area contributed by atoms with Crippen molar-refractivity contribution in [2.75, 3.05) is 20.1 Å². The third kappa shape index (κ3) is 3.48. The Morgan fingerprint density at radius 1 is 1.50 bits per heavy atom. The summed E-state index contributed by atoms with van der Waals surface area (Å²) in [6.45, 7) is 5.65. The van der Waals surface area contributed by atoms with Crippen LogP contribution < -0.4 is 5.32 Å². The van der Waals surface area contributed by atoms with Crippen LogP contribution in [0.15, 0.2) is 35.1 Å². The van der Waals surface area contributed by atoms with Gasteiger partial charge in [-0.15, -0.1) is 0 Å². The first-order chi connectivity index (χ1) is 11.6. The standard InChI is InChI=1S/C18H24N4O2/c1-12(2)16-9-15(21-24-16)18(23)20-11-14-6-8-22(3)17(14)13-5-4-7-19-10-13/h4-5,7,9-10,12,14,17H,6,8,11H2,1-3H3,(H,20,23)/t14-,17-/m0/s1. The highest BCUT2D eigenvalue weighted by Crippen LogP contribution is 2.35. The van der Waals surface area contributed by atoms with E-state index in [1.165, 1.54) is 5.56 Å². The maximum absolute atomic E-state index is 12.3. The zero-order valence-electron chi connectivity index (χ0n) is 14.4. The Balaban J connectivity index is 1.63. The van der Waals surface area contributed by atoms with Crippen molar-refractivity contribution in [2.45, 2.75) is 32.2 Å². The van der Waals surface area contributed by atoms with Crippen LogP contribution in [-0.4, -0.2) is 41.1 Å². The van der Waals surface area contributed by atoms with Gasteiger partial charge in [-0.05, 0) is 37.6 Å². The van der Waals surface area contributed by atoms with Gasteiger partial charge in [-0.2, -0.15) is 0 Å². The lowest BCUT2D eigenvalue weighted by Gasteiger charge is -2.25. The molecule has 0 aliphatic carbocycles. The van der Waals surface area contributed by atoms with Gasteiger partial charge in [-0.3, -0.25) is 14.7 Å². The molecule has 0 aromatic carbocycles. The molecule has 128 valence electrons. The van der Waals surface area contributed by atoms with Crippen molar-refractivity contribution >= 4 is 5.91 Å². The summed E-state index contributed by atoms with van der Waals surface area (Å²) in [4.78, 5) is 18.8. The smallest absolute Gasteiger partial charge is 0.273 e. The maximum Gasteiger partial charge on any atom is 0.273 e. The summed E-state index contributed by atoms with van der Waals surface area (Å²) in [5.74, 6) is 1.14.